The largest absolute Gasteiger partial charge is 0.377 e. The van der Waals surface area contributed by atoms with Crippen LogP contribution in [0.2, 0.25) is 5.02 Å². The van der Waals surface area contributed by atoms with Crippen LogP contribution in [0, 0.1) is 5.82 Å². The zero-order valence-corrected chi connectivity index (χ0v) is 19.0. The zero-order chi connectivity index (χ0) is 23.3. The Morgan fingerprint density at radius 2 is 1.72 bits per heavy atom. The van der Waals surface area contributed by atoms with Gasteiger partial charge in [0.2, 0.25) is 5.91 Å². The SMILES string of the molecule is CC(=O)N(Cc1cccc(F)c1)Cc1cc(NC(=O)c2ccccc2Cl)ccc1N(C)C. The van der Waals surface area contributed by atoms with Gasteiger partial charge in [0.15, 0.2) is 0 Å². The molecule has 0 aliphatic carbocycles. The highest BCUT2D eigenvalue weighted by Gasteiger charge is 2.16. The minimum absolute atomic E-state index is 0.135. The van der Waals surface area contributed by atoms with Crippen LogP contribution in [0.1, 0.15) is 28.4 Å². The molecule has 0 aromatic heterocycles. The number of halogens is 2. The molecule has 2 amide bonds. The van der Waals surface area contributed by atoms with Crippen LogP contribution in [0.3, 0.4) is 0 Å². The molecule has 3 rings (SSSR count). The molecule has 0 aliphatic rings. The lowest BCUT2D eigenvalue weighted by molar-refractivity contribution is -0.130. The Morgan fingerprint density at radius 1 is 0.969 bits per heavy atom. The second-order valence-electron chi connectivity index (χ2n) is 7.68. The fraction of sp³-hybridized carbons (Fsp3) is 0.200. The van der Waals surface area contributed by atoms with Gasteiger partial charge in [0, 0.05) is 45.5 Å². The predicted molar refractivity (Wildman–Crippen MR) is 127 cm³/mol. The lowest BCUT2D eigenvalue weighted by Gasteiger charge is -2.25. The van der Waals surface area contributed by atoms with Crippen molar-refractivity contribution in [3.05, 3.63) is 94.3 Å². The van der Waals surface area contributed by atoms with Crippen molar-refractivity contribution in [2.45, 2.75) is 20.0 Å². The van der Waals surface area contributed by atoms with Gasteiger partial charge in [0.25, 0.3) is 5.91 Å². The van der Waals surface area contributed by atoms with E-state index in [1.54, 1.807) is 47.4 Å². The van der Waals surface area contributed by atoms with Crippen LogP contribution in [0.15, 0.2) is 66.7 Å². The first-order chi connectivity index (χ1) is 15.2. The standard InChI is InChI=1S/C25H25ClFN3O2/c1-17(31)30(15-18-7-6-8-20(27)13-18)16-19-14-21(11-12-24(19)29(2)3)28-25(32)22-9-4-5-10-23(22)26/h4-14H,15-16H2,1-3H3,(H,28,32). The molecule has 1 N–H and O–H groups in total. The monoisotopic (exact) mass is 453 g/mol. The number of carbonyl (C=O) groups is 2. The molecule has 0 radical (unpaired) electrons. The van der Waals surface area contributed by atoms with Crippen LogP contribution in [-0.2, 0) is 17.9 Å². The highest BCUT2D eigenvalue weighted by atomic mass is 35.5. The number of hydrogen-bond acceptors (Lipinski definition) is 3. The first-order valence-electron chi connectivity index (χ1n) is 10.1. The van der Waals surface area contributed by atoms with Crippen molar-refractivity contribution in [1.82, 2.24) is 4.90 Å². The first kappa shape index (κ1) is 23.3. The summed E-state index contributed by atoms with van der Waals surface area (Å²) in [6.07, 6.45) is 0. The maximum atomic E-state index is 13.6. The maximum Gasteiger partial charge on any atom is 0.257 e. The number of hydrogen-bond donors (Lipinski definition) is 1. The molecule has 0 aliphatic heterocycles. The average molecular weight is 454 g/mol. The minimum atomic E-state index is -0.343. The van der Waals surface area contributed by atoms with Crippen LogP contribution < -0.4 is 10.2 Å². The number of rotatable bonds is 7. The Labute approximate surface area is 192 Å². The van der Waals surface area contributed by atoms with Crippen molar-refractivity contribution in [3.63, 3.8) is 0 Å². The van der Waals surface area contributed by atoms with Gasteiger partial charge in [-0.15, -0.1) is 0 Å². The smallest absolute Gasteiger partial charge is 0.257 e. The number of nitrogens with one attached hydrogen (secondary N) is 1. The molecule has 0 atom stereocenters. The predicted octanol–water partition coefficient (Wildman–Crippen LogP) is 5.35. The Kier molecular flexibility index (Phi) is 7.49. The molecule has 7 heteroatoms. The Bertz CT molecular complexity index is 1130. The summed E-state index contributed by atoms with van der Waals surface area (Å²) in [4.78, 5) is 28.6. The fourth-order valence-corrected chi connectivity index (χ4v) is 3.63. The van der Waals surface area contributed by atoms with E-state index in [-0.39, 0.29) is 24.2 Å². The summed E-state index contributed by atoms with van der Waals surface area (Å²) in [5.74, 6) is -0.795. The Balaban J connectivity index is 1.87. The lowest BCUT2D eigenvalue weighted by Crippen LogP contribution is -2.28. The van der Waals surface area contributed by atoms with E-state index >= 15 is 0 Å². The molecule has 32 heavy (non-hydrogen) atoms. The molecule has 3 aromatic carbocycles. The van der Waals surface area contributed by atoms with Crippen molar-refractivity contribution < 1.29 is 14.0 Å². The quantitative estimate of drug-likeness (QED) is 0.525. The van der Waals surface area contributed by atoms with Crippen molar-refractivity contribution in [1.29, 1.82) is 0 Å². The normalized spacial score (nSPS) is 10.5. The van der Waals surface area contributed by atoms with Gasteiger partial charge in [-0.3, -0.25) is 9.59 Å². The minimum Gasteiger partial charge on any atom is -0.377 e. The summed E-state index contributed by atoms with van der Waals surface area (Å²) in [5.41, 5.74) is 3.42. The number of carbonyl (C=O) groups excluding carboxylic acids is 2. The van der Waals surface area contributed by atoms with E-state index in [0.717, 1.165) is 11.3 Å². The molecule has 0 saturated heterocycles. The molecule has 0 heterocycles. The lowest BCUT2D eigenvalue weighted by atomic mass is 10.1. The number of amides is 2. The van der Waals surface area contributed by atoms with Gasteiger partial charge in [0.1, 0.15) is 5.82 Å². The van der Waals surface area contributed by atoms with E-state index in [4.69, 9.17) is 11.6 Å². The van der Waals surface area contributed by atoms with Gasteiger partial charge in [-0.05, 0) is 53.6 Å². The number of nitrogens with zero attached hydrogens (tertiary/aromatic N) is 2. The van der Waals surface area contributed by atoms with Gasteiger partial charge in [-0.25, -0.2) is 4.39 Å². The summed E-state index contributed by atoms with van der Waals surface area (Å²) in [7, 11) is 3.82. The number of anilines is 2. The van der Waals surface area contributed by atoms with Crippen LogP contribution >= 0.6 is 11.6 Å². The second-order valence-corrected chi connectivity index (χ2v) is 8.08. The number of benzene rings is 3. The van der Waals surface area contributed by atoms with Gasteiger partial charge in [0.05, 0.1) is 10.6 Å². The average Bonchev–Trinajstić information content (AvgIpc) is 2.73. The highest BCUT2D eigenvalue weighted by molar-refractivity contribution is 6.34. The summed E-state index contributed by atoms with van der Waals surface area (Å²) < 4.78 is 13.6. The molecule has 5 nitrogen and oxygen atoms in total. The molecule has 0 unspecified atom stereocenters. The van der Waals surface area contributed by atoms with E-state index < -0.39 is 0 Å². The molecule has 0 bridgehead atoms. The van der Waals surface area contributed by atoms with E-state index in [9.17, 15) is 14.0 Å². The summed E-state index contributed by atoms with van der Waals surface area (Å²) in [5, 5.41) is 3.24. The van der Waals surface area contributed by atoms with Gasteiger partial charge < -0.3 is 15.1 Å². The van der Waals surface area contributed by atoms with E-state index in [1.807, 2.05) is 31.1 Å². The second kappa shape index (κ2) is 10.3. The van der Waals surface area contributed by atoms with Gasteiger partial charge in [-0.2, -0.15) is 0 Å². The molecule has 166 valence electrons. The van der Waals surface area contributed by atoms with Crippen molar-refractivity contribution in [3.8, 4) is 0 Å². The Hall–Kier alpha value is -3.38. The molecule has 3 aromatic rings. The van der Waals surface area contributed by atoms with Crippen molar-refractivity contribution >= 4 is 34.8 Å². The summed E-state index contributed by atoms with van der Waals surface area (Å²) in [6.45, 7) is 2.06. The molecule has 0 saturated carbocycles. The third-order valence-electron chi connectivity index (χ3n) is 5.01. The third-order valence-corrected chi connectivity index (χ3v) is 5.34. The summed E-state index contributed by atoms with van der Waals surface area (Å²) >= 11 is 6.14. The molecule has 0 spiro atoms. The van der Waals surface area contributed by atoms with E-state index in [0.29, 0.717) is 28.4 Å². The maximum absolute atomic E-state index is 13.6. The molecular formula is C25H25ClFN3O2. The Morgan fingerprint density at radius 3 is 2.38 bits per heavy atom. The highest BCUT2D eigenvalue weighted by Crippen LogP contribution is 2.26. The zero-order valence-electron chi connectivity index (χ0n) is 18.2. The van der Waals surface area contributed by atoms with Gasteiger partial charge in [-0.1, -0.05) is 35.9 Å². The van der Waals surface area contributed by atoms with Crippen LogP contribution in [0.5, 0.6) is 0 Å². The first-order valence-corrected chi connectivity index (χ1v) is 10.5. The van der Waals surface area contributed by atoms with Crippen molar-refractivity contribution in [2.24, 2.45) is 0 Å². The molecular weight excluding hydrogens is 429 g/mol. The molecule has 0 fully saturated rings. The van der Waals surface area contributed by atoms with E-state index in [2.05, 4.69) is 5.32 Å². The van der Waals surface area contributed by atoms with Crippen molar-refractivity contribution in [2.75, 3.05) is 24.3 Å². The van der Waals surface area contributed by atoms with Crippen LogP contribution in [0.4, 0.5) is 15.8 Å². The third kappa shape index (κ3) is 5.86. The topological polar surface area (TPSA) is 52.7 Å². The van der Waals surface area contributed by atoms with Crippen LogP contribution in [-0.4, -0.2) is 30.8 Å². The van der Waals surface area contributed by atoms with E-state index in [1.165, 1.54) is 19.1 Å². The fourth-order valence-electron chi connectivity index (χ4n) is 3.41. The van der Waals surface area contributed by atoms with Gasteiger partial charge >= 0.3 is 0 Å². The van der Waals surface area contributed by atoms with Crippen LogP contribution in [0.25, 0.3) is 0 Å². The summed E-state index contributed by atoms with van der Waals surface area (Å²) in [6, 6.07) is 18.6.